The standard InChI is InChI=1S/C12H16O3S2.BF4/c13-5-7-17(8-6-14)9-12(15)10-1-3-11(16)4-2-10;2-1(3,4)5/h1-4,13-14H,5-9H2;/q;-1/p+1. The lowest BCUT2D eigenvalue weighted by molar-refractivity contribution is 0.102. The number of hydrogen-bond acceptors (Lipinski definition) is 4. The van der Waals surface area contributed by atoms with Crippen LogP contribution in [0.5, 0.6) is 0 Å². The second kappa shape index (κ2) is 10.9. The number of carbonyl (C=O) groups excluding carboxylic acids is 1. The molecule has 126 valence electrons. The highest BCUT2D eigenvalue weighted by Gasteiger charge is 2.22. The number of Topliss-reactive ketones (excluding diaryl/α,β-unsaturated/α-hetero) is 1. The molecule has 0 aliphatic carbocycles. The van der Waals surface area contributed by atoms with Crippen molar-refractivity contribution >= 4 is 36.6 Å². The molecule has 0 aliphatic heterocycles. The lowest BCUT2D eigenvalue weighted by Crippen LogP contribution is -2.25. The molecule has 0 aliphatic rings. The van der Waals surface area contributed by atoms with E-state index >= 15 is 0 Å². The summed E-state index contributed by atoms with van der Waals surface area (Å²) in [5.74, 6) is 1.62. The van der Waals surface area contributed by atoms with Crippen molar-refractivity contribution in [2.45, 2.75) is 4.90 Å². The number of benzene rings is 1. The number of rotatable bonds is 7. The zero-order valence-corrected chi connectivity index (χ0v) is 13.3. The van der Waals surface area contributed by atoms with Crippen molar-refractivity contribution in [3.63, 3.8) is 0 Å². The summed E-state index contributed by atoms with van der Waals surface area (Å²) in [6.07, 6.45) is 0. The van der Waals surface area contributed by atoms with E-state index in [0.717, 1.165) is 4.90 Å². The average molecular weight is 360 g/mol. The number of hydrogen-bond donors (Lipinski definition) is 3. The Kier molecular flexibility index (Phi) is 10.6. The van der Waals surface area contributed by atoms with E-state index in [1.165, 1.54) is 0 Å². The van der Waals surface area contributed by atoms with Crippen molar-refractivity contribution in [2.75, 3.05) is 30.5 Å². The Morgan fingerprint density at radius 2 is 1.45 bits per heavy atom. The van der Waals surface area contributed by atoms with Gasteiger partial charge >= 0.3 is 7.25 Å². The first-order valence-electron chi connectivity index (χ1n) is 6.22. The third kappa shape index (κ3) is 11.9. The van der Waals surface area contributed by atoms with Crippen molar-refractivity contribution in [3.8, 4) is 0 Å². The normalized spacial score (nSPS) is 11.1. The first kappa shape index (κ1) is 21.3. The summed E-state index contributed by atoms with van der Waals surface area (Å²) in [6, 6.07) is 7.08. The smallest absolute Gasteiger partial charge is 0.418 e. The van der Waals surface area contributed by atoms with Gasteiger partial charge in [0.2, 0.25) is 5.78 Å². The van der Waals surface area contributed by atoms with Crippen LogP contribution < -0.4 is 0 Å². The molecular weight excluding hydrogens is 343 g/mol. The van der Waals surface area contributed by atoms with E-state index in [2.05, 4.69) is 12.6 Å². The fourth-order valence-corrected chi connectivity index (χ4v) is 3.12. The lowest BCUT2D eigenvalue weighted by atomic mass is 10.1. The molecule has 0 saturated heterocycles. The summed E-state index contributed by atoms with van der Waals surface area (Å²) >= 11 is 4.16. The van der Waals surface area contributed by atoms with E-state index < -0.39 is 7.25 Å². The molecule has 0 amide bonds. The summed E-state index contributed by atoms with van der Waals surface area (Å²) in [6.45, 7) is 0.123. The zero-order chi connectivity index (χ0) is 17.2. The van der Waals surface area contributed by atoms with Crippen LogP contribution in [0.4, 0.5) is 17.3 Å². The van der Waals surface area contributed by atoms with Gasteiger partial charge in [0.1, 0.15) is 11.5 Å². The fourth-order valence-electron chi connectivity index (χ4n) is 1.42. The predicted octanol–water partition coefficient (Wildman–Crippen LogP) is 2.06. The summed E-state index contributed by atoms with van der Waals surface area (Å²) in [4.78, 5) is 12.8. The van der Waals surface area contributed by atoms with Gasteiger partial charge < -0.3 is 27.5 Å². The topological polar surface area (TPSA) is 57.5 Å². The van der Waals surface area contributed by atoms with Crippen molar-refractivity contribution in [3.05, 3.63) is 29.8 Å². The maximum absolute atomic E-state index is 11.9. The molecular formula is C12H17BF4O3S2. The van der Waals surface area contributed by atoms with Crippen LogP contribution >= 0.6 is 12.6 Å². The molecule has 1 aromatic carbocycles. The van der Waals surface area contributed by atoms with Crippen LogP contribution in [0.3, 0.4) is 0 Å². The van der Waals surface area contributed by atoms with E-state index in [1.807, 2.05) is 0 Å². The van der Waals surface area contributed by atoms with Crippen molar-refractivity contribution in [1.82, 2.24) is 0 Å². The largest absolute Gasteiger partial charge is 0.673 e. The average Bonchev–Trinajstić information content (AvgIpc) is 2.38. The third-order valence-corrected chi connectivity index (χ3v) is 4.77. The molecule has 0 aromatic heterocycles. The first-order valence-corrected chi connectivity index (χ1v) is 8.40. The number of halogens is 4. The van der Waals surface area contributed by atoms with Gasteiger partial charge in [-0.05, 0) is 12.1 Å². The van der Waals surface area contributed by atoms with E-state index in [0.29, 0.717) is 22.8 Å². The lowest BCUT2D eigenvalue weighted by Gasteiger charge is -2.05. The number of aliphatic hydroxyl groups excluding tert-OH is 2. The minimum absolute atomic E-state index is 0.0589. The molecule has 0 spiro atoms. The van der Waals surface area contributed by atoms with Gasteiger partial charge in [0, 0.05) is 21.4 Å². The third-order valence-electron chi connectivity index (χ3n) is 2.28. The Morgan fingerprint density at radius 3 is 1.82 bits per heavy atom. The molecule has 1 rings (SSSR count). The molecule has 0 heterocycles. The molecule has 22 heavy (non-hydrogen) atoms. The number of thiol groups is 1. The Labute approximate surface area is 134 Å². The predicted molar refractivity (Wildman–Crippen MR) is 84.3 cm³/mol. The Balaban J connectivity index is 0.000000763. The molecule has 0 saturated carbocycles. The molecule has 3 nitrogen and oxygen atoms in total. The van der Waals surface area contributed by atoms with Gasteiger partial charge in [-0.15, -0.1) is 12.6 Å². The van der Waals surface area contributed by atoms with Crippen molar-refractivity contribution in [1.29, 1.82) is 0 Å². The molecule has 0 radical (unpaired) electrons. The molecule has 10 heteroatoms. The molecule has 1 aromatic rings. The summed E-state index contributed by atoms with van der Waals surface area (Å²) in [5, 5.41) is 17.8. The quantitative estimate of drug-likeness (QED) is 0.229. The van der Waals surface area contributed by atoms with Crippen LogP contribution in [0.25, 0.3) is 0 Å². The van der Waals surface area contributed by atoms with Crippen LogP contribution in [0.2, 0.25) is 0 Å². The second-order valence-corrected chi connectivity index (χ2v) is 6.92. The monoisotopic (exact) mass is 360 g/mol. The summed E-state index contributed by atoms with van der Waals surface area (Å²) in [7, 11) is -6.23. The van der Waals surface area contributed by atoms with Gasteiger partial charge in [0.25, 0.3) is 0 Å². The van der Waals surface area contributed by atoms with Crippen LogP contribution in [0.1, 0.15) is 10.4 Å². The number of carbonyl (C=O) groups is 1. The summed E-state index contributed by atoms with van der Waals surface area (Å²) in [5.41, 5.74) is 0.663. The van der Waals surface area contributed by atoms with E-state index in [-0.39, 0.29) is 29.9 Å². The van der Waals surface area contributed by atoms with Gasteiger partial charge in [0.05, 0.1) is 13.2 Å². The van der Waals surface area contributed by atoms with Gasteiger partial charge in [-0.3, -0.25) is 4.79 Å². The highest BCUT2D eigenvalue weighted by molar-refractivity contribution is 7.97. The Morgan fingerprint density at radius 1 is 1.05 bits per heavy atom. The fraction of sp³-hybridized carbons (Fsp3) is 0.417. The highest BCUT2D eigenvalue weighted by atomic mass is 32.2. The zero-order valence-electron chi connectivity index (χ0n) is 11.6. The van der Waals surface area contributed by atoms with Crippen LogP contribution in [0, 0.1) is 0 Å². The molecule has 0 fully saturated rings. The second-order valence-electron chi connectivity index (χ2n) is 4.08. The SMILES string of the molecule is F[B-](F)(F)F.O=C(C[S+](CCO)CCO)c1ccc(S)cc1. The molecule has 0 bridgehead atoms. The van der Waals surface area contributed by atoms with Crippen molar-refractivity contribution < 1.29 is 32.3 Å². The van der Waals surface area contributed by atoms with Gasteiger partial charge in [-0.1, -0.05) is 12.1 Å². The van der Waals surface area contributed by atoms with Gasteiger partial charge in [0.15, 0.2) is 5.75 Å². The number of aliphatic hydroxyl groups is 2. The molecule has 2 N–H and O–H groups in total. The van der Waals surface area contributed by atoms with E-state index in [1.54, 1.807) is 24.3 Å². The Bertz CT molecular complexity index is 431. The highest BCUT2D eigenvalue weighted by Crippen LogP contribution is 2.10. The van der Waals surface area contributed by atoms with Gasteiger partial charge in [-0.2, -0.15) is 0 Å². The minimum Gasteiger partial charge on any atom is -0.418 e. The van der Waals surface area contributed by atoms with Crippen LogP contribution in [0.15, 0.2) is 29.2 Å². The maximum Gasteiger partial charge on any atom is 0.673 e. The van der Waals surface area contributed by atoms with Crippen LogP contribution in [-0.2, 0) is 10.9 Å². The van der Waals surface area contributed by atoms with Crippen LogP contribution in [-0.4, -0.2) is 53.7 Å². The first-order chi connectivity index (χ1) is 10.2. The van der Waals surface area contributed by atoms with E-state index in [9.17, 15) is 22.1 Å². The summed E-state index contributed by atoms with van der Waals surface area (Å²) < 4.78 is 39.0. The van der Waals surface area contributed by atoms with E-state index in [4.69, 9.17) is 10.2 Å². The van der Waals surface area contributed by atoms with Gasteiger partial charge in [-0.25, -0.2) is 0 Å². The minimum atomic E-state index is -6.00. The Hall–Kier alpha value is -0.705. The molecule has 0 atom stereocenters. The number of ketones is 1. The maximum atomic E-state index is 11.9. The van der Waals surface area contributed by atoms with Crippen molar-refractivity contribution in [2.24, 2.45) is 0 Å². The molecule has 0 unspecified atom stereocenters.